The fraction of sp³-hybridized carbons (Fsp3) is 0.722. The van der Waals surface area contributed by atoms with Crippen LogP contribution in [0.1, 0.15) is 56.7 Å². The third-order valence-electron chi connectivity index (χ3n) is 5.18. The van der Waals surface area contributed by atoms with Crippen LogP contribution in [0.5, 0.6) is 0 Å². The summed E-state index contributed by atoms with van der Waals surface area (Å²) in [5.74, 6) is 0.0336. The summed E-state index contributed by atoms with van der Waals surface area (Å²) in [4.78, 5) is 26.8. The van der Waals surface area contributed by atoms with E-state index in [2.05, 4.69) is 39.0 Å². The molecule has 1 saturated heterocycles. The number of hydrogen-bond donors (Lipinski definition) is 0. The van der Waals surface area contributed by atoms with Gasteiger partial charge in [-0.25, -0.2) is 0 Å². The predicted molar refractivity (Wildman–Crippen MR) is 100.0 cm³/mol. The molecule has 1 amide bonds. The summed E-state index contributed by atoms with van der Waals surface area (Å²) in [6.45, 7) is 14.3. The standard InChI is InChI=1S/C18H31N3O3Si/c1-12-9-14(19-20(12)6)15(22)10-13-11-16(23)21(13)18(5,17(2,3)4)24-25(7)8/h9,13,25H,10-11H2,1-8H3/t13-,18-/m1/s1. The highest BCUT2D eigenvalue weighted by Crippen LogP contribution is 2.43. The normalized spacial score (nSPS) is 20.6. The number of amides is 1. The summed E-state index contributed by atoms with van der Waals surface area (Å²) in [6, 6.07) is 1.67. The Kier molecular flexibility index (Phi) is 5.30. The maximum atomic E-state index is 12.6. The molecule has 1 aliphatic heterocycles. The minimum Gasteiger partial charge on any atom is -0.398 e. The second kappa shape index (κ2) is 6.68. The van der Waals surface area contributed by atoms with Crippen molar-refractivity contribution in [1.29, 1.82) is 0 Å². The van der Waals surface area contributed by atoms with Gasteiger partial charge in [0.2, 0.25) is 5.91 Å². The smallest absolute Gasteiger partial charge is 0.227 e. The van der Waals surface area contributed by atoms with Gasteiger partial charge in [-0.05, 0) is 33.0 Å². The Balaban J connectivity index is 2.22. The molecule has 140 valence electrons. The lowest BCUT2D eigenvalue weighted by molar-refractivity contribution is -0.204. The van der Waals surface area contributed by atoms with Gasteiger partial charge >= 0.3 is 0 Å². The first-order chi connectivity index (χ1) is 11.4. The third kappa shape index (κ3) is 3.72. The summed E-state index contributed by atoms with van der Waals surface area (Å²) in [5.41, 5.74) is 0.464. The maximum absolute atomic E-state index is 12.6. The van der Waals surface area contributed by atoms with Gasteiger partial charge in [-0.1, -0.05) is 20.8 Å². The first-order valence-corrected chi connectivity index (χ1v) is 11.7. The second-order valence-corrected chi connectivity index (χ2v) is 10.8. The van der Waals surface area contributed by atoms with Crippen LogP contribution in [-0.2, 0) is 16.3 Å². The fourth-order valence-electron chi connectivity index (χ4n) is 3.30. The predicted octanol–water partition coefficient (Wildman–Crippen LogP) is 2.66. The van der Waals surface area contributed by atoms with Crippen molar-refractivity contribution < 1.29 is 14.0 Å². The quantitative estimate of drug-likeness (QED) is 0.442. The lowest BCUT2D eigenvalue weighted by atomic mass is 9.79. The minimum absolute atomic E-state index is 0.0238. The van der Waals surface area contributed by atoms with Crippen LogP contribution in [0.4, 0.5) is 0 Å². The summed E-state index contributed by atoms with van der Waals surface area (Å²) in [7, 11) is 0.443. The largest absolute Gasteiger partial charge is 0.398 e. The minimum atomic E-state index is -1.38. The number of rotatable bonds is 6. The van der Waals surface area contributed by atoms with Crippen LogP contribution in [-0.4, -0.2) is 47.2 Å². The van der Waals surface area contributed by atoms with Crippen LogP contribution in [0.3, 0.4) is 0 Å². The van der Waals surface area contributed by atoms with Crippen LogP contribution in [0.25, 0.3) is 0 Å². The molecule has 0 spiro atoms. The van der Waals surface area contributed by atoms with Gasteiger partial charge in [-0.2, -0.15) is 5.10 Å². The van der Waals surface area contributed by atoms with E-state index in [4.69, 9.17) is 4.43 Å². The van der Waals surface area contributed by atoms with Crippen molar-refractivity contribution in [3.8, 4) is 0 Å². The van der Waals surface area contributed by atoms with Gasteiger partial charge in [0.25, 0.3) is 0 Å². The zero-order valence-corrected chi connectivity index (χ0v) is 17.9. The average Bonchev–Trinajstić information content (AvgIpc) is 2.75. The summed E-state index contributed by atoms with van der Waals surface area (Å²) in [5, 5.41) is 4.26. The molecule has 1 fully saturated rings. The molecule has 0 unspecified atom stereocenters. The lowest BCUT2D eigenvalue weighted by Crippen LogP contribution is -2.69. The molecule has 2 heterocycles. The van der Waals surface area contributed by atoms with E-state index >= 15 is 0 Å². The van der Waals surface area contributed by atoms with E-state index in [-0.39, 0.29) is 29.6 Å². The van der Waals surface area contributed by atoms with Crippen molar-refractivity contribution in [3.05, 3.63) is 17.5 Å². The van der Waals surface area contributed by atoms with E-state index in [0.717, 1.165) is 5.69 Å². The molecule has 2 atom stereocenters. The number of hydrogen-bond acceptors (Lipinski definition) is 4. The van der Waals surface area contributed by atoms with Crippen molar-refractivity contribution in [3.63, 3.8) is 0 Å². The Morgan fingerprint density at radius 2 is 1.96 bits per heavy atom. The molecular formula is C18H31N3O3Si. The number of nitrogens with zero attached hydrogens (tertiary/aromatic N) is 3. The van der Waals surface area contributed by atoms with Crippen LogP contribution >= 0.6 is 0 Å². The number of carbonyl (C=O) groups excluding carboxylic acids is 2. The molecule has 0 N–H and O–H groups in total. The molecule has 0 saturated carbocycles. The Morgan fingerprint density at radius 1 is 1.36 bits per heavy atom. The zero-order chi connectivity index (χ0) is 19.2. The number of ketones is 1. The van der Waals surface area contributed by atoms with Crippen LogP contribution in [0.2, 0.25) is 13.1 Å². The first-order valence-electron chi connectivity index (χ1n) is 8.90. The fourth-order valence-corrected chi connectivity index (χ4v) is 4.69. The van der Waals surface area contributed by atoms with E-state index in [1.54, 1.807) is 15.6 Å². The number of aryl methyl sites for hydroxylation is 2. The van der Waals surface area contributed by atoms with Crippen LogP contribution in [0.15, 0.2) is 6.07 Å². The Labute approximate surface area is 152 Å². The molecule has 0 radical (unpaired) electrons. The maximum Gasteiger partial charge on any atom is 0.227 e. The van der Waals surface area contributed by atoms with Crippen molar-refractivity contribution >= 4 is 20.7 Å². The number of aromatic nitrogens is 2. The molecule has 0 aromatic carbocycles. The Hall–Kier alpha value is -1.47. The highest BCUT2D eigenvalue weighted by Gasteiger charge is 2.54. The second-order valence-electron chi connectivity index (χ2n) is 8.44. The molecule has 0 aliphatic carbocycles. The molecule has 6 nitrogen and oxygen atoms in total. The summed E-state index contributed by atoms with van der Waals surface area (Å²) < 4.78 is 8.03. The van der Waals surface area contributed by atoms with Gasteiger partial charge in [-0.3, -0.25) is 14.3 Å². The molecule has 1 aromatic rings. The van der Waals surface area contributed by atoms with E-state index < -0.39 is 14.8 Å². The topological polar surface area (TPSA) is 64.4 Å². The Bertz CT molecular complexity index is 658. The van der Waals surface area contributed by atoms with Crippen LogP contribution in [0, 0.1) is 12.3 Å². The number of likely N-dealkylation sites (tertiary alicyclic amines) is 1. The van der Waals surface area contributed by atoms with Gasteiger partial charge in [0, 0.05) is 31.0 Å². The SMILES string of the molecule is Cc1cc(C(=O)C[C@@H]2CC(=O)N2[C@](C)(O[SiH](C)C)C(C)(C)C)nn1C. The first kappa shape index (κ1) is 19.8. The lowest BCUT2D eigenvalue weighted by Gasteiger charge is -2.57. The summed E-state index contributed by atoms with van der Waals surface area (Å²) in [6.07, 6.45) is 0.684. The average molecular weight is 366 g/mol. The molecule has 1 aliphatic rings. The van der Waals surface area contributed by atoms with Crippen LogP contribution < -0.4 is 0 Å². The van der Waals surface area contributed by atoms with Gasteiger partial charge in [0.15, 0.2) is 14.8 Å². The number of carbonyl (C=O) groups is 2. The van der Waals surface area contributed by atoms with Crippen molar-refractivity contribution in [2.24, 2.45) is 12.5 Å². The third-order valence-corrected chi connectivity index (χ3v) is 6.11. The molecule has 1 aromatic heterocycles. The zero-order valence-electron chi connectivity index (χ0n) is 16.7. The Morgan fingerprint density at radius 3 is 2.36 bits per heavy atom. The number of Topliss-reactive ketones (excluding diaryl/α,β-unsaturated/α-hetero) is 1. The van der Waals surface area contributed by atoms with Gasteiger partial charge in [0.1, 0.15) is 11.4 Å². The van der Waals surface area contributed by atoms with E-state index in [0.29, 0.717) is 12.1 Å². The molecule has 7 heteroatoms. The monoisotopic (exact) mass is 365 g/mol. The highest BCUT2D eigenvalue weighted by atomic mass is 28.3. The van der Waals surface area contributed by atoms with Gasteiger partial charge in [-0.15, -0.1) is 0 Å². The van der Waals surface area contributed by atoms with Crippen molar-refractivity contribution in [2.45, 2.75) is 72.3 Å². The van der Waals surface area contributed by atoms with Gasteiger partial charge < -0.3 is 9.33 Å². The van der Waals surface area contributed by atoms with Crippen molar-refractivity contribution in [1.82, 2.24) is 14.7 Å². The molecule has 2 rings (SSSR count). The molecule has 25 heavy (non-hydrogen) atoms. The van der Waals surface area contributed by atoms with Crippen molar-refractivity contribution in [2.75, 3.05) is 0 Å². The molecule has 0 bridgehead atoms. The molecular weight excluding hydrogens is 334 g/mol. The summed E-state index contributed by atoms with van der Waals surface area (Å²) >= 11 is 0. The highest BCUT2D eigenvalue weighted by molar-refractivity contribution is 6.48. The van der Waals surface area contributed by atoms with E-state index in [9.17, 15) is 9.59 Å². The van der Waals surface area contributed by atoms with E-state index in [1.807, 2.05) is 20.9 Å². The number of β-lactam (4-membered cyclic amide) rings is 1. The van der Waals surface area contributed by atoms with Gasteiger partial charge in [0.05, 0.1) is 6.04 Å². The van der Waals surface area contributed by atoms with E-state index in [1.165, 1.54) is 0 Å².